The summed E-state index contributed by atoms with van der Waals surface area (Å²) in [5.41, 5.74) is 8.50. The molecule has 6 aromatic carbocycles. The highest BCUT2D eigenvalue weighted by Crippen LogP contribution is 2.57. The fraction of sp³-hybridized carbons (Fsp3) is 0.0250. The van der Waals surface area contributed by atoms with Gasteiger partial charge in [0.15, 0.2) is 11.6 Å². The minimum Gasteiger partial charge on any atom is -0.208 e. The molecule has 0 N–H and O–H groups in total. The Kier molecular flexibility index (Phi) is 5.95. The van der Waals surface area contributed by atoms with Gasteiger partial charge in [0, 0.05) is 31.3 Å². The molecule has 0 saturated heterocycles. The summed E-state index contributed by atoms with van der Waals surface area (Å²) in [6.45, 7) is 0. The Morgan fingerprint density at radius 2 is 0.956 bits per heavy atom. The van der Waals surface area contributed by atoms with E-state index < -0.39 is 5.41 Å². The molecule has 0 unspecified atom stereocenters. The lowest BCUT2D eigenvalue weighted by molar-refractivity contribution is 0.769. The van der Waals surface area contributed by atoms with E-state index in [2.05, 4.69) is 151 Å². The van der Waals surface area contributed by atoms with Crippen LogP contribution in [0.25, 0.3) is 54.1 Å². The zero-order chi connectivity index (χ0) is 30.0. The van der Waals surface area contributed by atoms with E-state index in [9.17, 15) is 0 Å². The molecule has 1 aliphatic rings. The van der Waals surface area contributed by atoms with Gasteiger partial charge in [-0.15, -0.1) is 11.3 Å². The molecule has 212 valence electrons. The number of fused-ring (bicyclic) bond motifs is 6. The number of thiophene rings is 1. The van der Waals surface area contributed by atoms with Crippen molar-refractivity contribution < 1.29 is 0 Å². The number of hydrogen-bond acceptors (Lipinski definition) is 4. The maximum Gasteiger partial charge on any atom is 0.226 e. The first-order valence-corrected chi connectivity index (χ1v) is 16.1. The zero-order valence-corrected chi connectivity index (χ0v) is 25.6. The van der Waals surface area contributed by atoms with Crippen molar-refractivity contribution in [2.24, 2.45) is 0 Å². The molecule has 3 nitrogen and oxygen atoms in total. The van der Waals surface area contributed by atoms with Crippen LogP contribution in [0.1, 0.15) is 22.3 Å². The van der Waals surface area contributed by atoms with Gasteiger partial charge in [0.25, 0.3) is 0 Å². The Balaban J connectivity index is 1.34. The number of hydrogen-bond donors (Lipinski definition) is 0. The average molecular weight is 614 g/mol. The molecular weight excluding hydrogens is 590 g/mol. The van der Waals surface area contributed by atoms with Gasteiger partial charge in [0.1, 0.15) is 0 Å². The van der Waals surface area contributed by atoms with E-state index in [-0.39, 0.29) is 5.28 Å². The van der Waals surface area contributed by atoms with Crippen molar-refractivity contribution >= 4 is 43.1 Å². The van der Waals surface area contributed by atoms with Crippen LogP contribution in [-0.2, 0) is 5.41 Å². The number of rotatable bonds is 4. The quantitative estimate of drug-likeness (QED) is 0.198. The lowest BCUT2D eigenvalue weighted by atomic mass is 9.66. The largest absolute Gasteiger partial charge is 0.226 e. The highest BCUT2D eigenvalue weighted by molar-refractivity contribution is 7.25. The van der Waals surface area contributed by atoms with E-state index in [1.54, 1.807) is 11.3 Å². The molecule has 8 aromatic rings. The number of nitrogens with zero attached hydrogens (tertiary/aromatic N) is 3. The van der Waals surface area contributed by atoms with Gasteiger partial charge in [0.2, 0.25) is 5.28 Å². The monoisotopic (exact) mass is 613 g/mol. The highest BCUT2D eigenvalue weighted by Gasteiger charge is 2.47. The Hall–Kier alpha value is -5.16. The highest BCUT2D eigenvalue weighted by atomic mass is 35.5. The fourth-order valence-electron chi connectivity index (χ4n) is 7.24. The summed E-state index contributed by atoms with van der Waals surface area (Å²) < 4.78 is 2.42. The molecule has 0 atom stereocenters. The smallest absolute Gasteiger partial charge is 0.208 e. The van der Waals surface area contributed by atoms with E-state index in [1.165, 1.54) is 42.6 Å². The molecule has 45 heavy (non-hydrogen) atoms. The van der Waals surface area contributed by atoms with E-state index in [4.69, 9.17) is 21.6 Å². The van der Waals surface area contributed by atoms with Crippen LogP contribution in [0, 0.1) is 0 Å². The number of aromatic nitrogens is 3. The van der Waals surface area contributed by atoms with Crippen LogP contribution in [0.4, 0.5) is 0 Å². The summed E-state index contributed by atoms with van der Waals surface area (Å²) >= 11 is 8.53. The second kappa shape index (κ2) is 10.2. The molecule has 0 aliphatic heterocycles. The third kappa shape index (κ3) is 3.86. The second-order valence-electron chi connectivity index (χ2n) is 11.3. The molecule has 0 spiro atoms. The first-order valence-electron chi connectivity index (χ1n) is 14.9. The minimum atomic E-state index is -0.589. The van der Waals surface area contributed by atoms with Crippen molar-refractivity contribution in [2.75, 3.05) is 0 Å². The summed E-state index contributed by atoms with van der Waals surface area (Å²) in [4.78, 5) is 14.6. The molecule has 0 fully saturated rings. The van der Waals surface area contributed by atoms with Crippen LogP contribution < -0.4 is 0 Å². The molecule has 9 rings (SSSR count). The van der Waals surface area contributed by atoms with Crippen LogP contribution in [0.3, 0.4) is 0 Å². The predicted octanol–water partition coefficient (Wildman–Crippen LogP) is 10.6. The maximum absolute atomic E-state index is 6.76. The normalized spacial score (nSPS) is 13.2. The first-order chi connectivity index (χ1) is 22.2. The van der Waals surface area contributed by atoms with Gasteiger partial charge in [-0.3, -0.25) is 0 Å². The summed E-state index contributed by atoms with van der Waals surface area (Å²) in [5.74, 6) is 1.12. The van der Waals surface area contributed by atoms with Crippen LogP contribution in [0.2, 0.25) is 5.28 Å². The summed E-state index contributed by atoms with van der Waals surface area (Å²) in [7, 11) is 0. The predicted molar refractivity (Wildman–Crippen MR) is 186 cm³/mol. The van der Waals surface area contributed by atoms with Crippen molar-refractivity contribution in [3.05, 3.63) is 173 Å². The summed E-state index contributed by atoms with van der Waals surface area (Å²) in [6, 6.07) is 51.5. The van der Waals surface area contributed by atoms with Crippen molar-refractivity contribution in [3.8, 4) is 33.9 Å². The number of halogens is 1. The van der Waals surface area contributed by atoms with Crippen molar-refractivity contribution in [1.29, 1.82) is 0 Å². The van der Waals surface area contributed by atoms with Crippen molar-refractivity contribution in [1.82, 2.24) is 15.0 Å². The van der Waals surface area contributed by atoms with E-state index in [0.29, 0.717) is 11.6 Å². The Labute approximate surface area is 269 Å². The van der Waals surface area contributed by atoms with Gasteiger partial charge in [-0.05, 0) is 57.1 Å². The third-order valence-corrected chi connectivity index (χ3v) is 10.3. The molecule has 2 aromatic heterocycles. The van der Waals surface area contributed by atoms with Crippen LogP contribution >= 0.6 is 22.9 Å². The number of benzene rings is 6. The SMILES string of the molecule is Clc1nc(-c2ccccc2C2(c3ccccc3)c3ccccc3-c3ccccc32)nc(-c2cccc3sc4ccccc4c23)n1. The molecule has 0 saturated carbocycles. The van der Waals surface area contributed by atoms with Crippen LogP contribution in [-0.4, -0.2) is 15.0 Å². The van der Waals surface area contributed by atoms with Gasteiger partial charge in [-0.2, -0.15) is 9.97 Å². The Morgan fingerprint density at radius 3 is 1.67 bits per heavy atom. The fourth-order valence-corrected chi connectivity index (χ4v) is 8.53. The van der Waals surface area contributed by atoms with Crippen LogP contribution in [0.5, 0.6) is 0 Å². The van der Waals surface area contributed by atoms with Gasteiger partial charge < -0.3 is 0 Å². The molecule has 0 bridgehead atoms. The molecule has 5 heteroatoms. The van der Waals surface area contributed by atoms with E-state index in [0.717, 1.165) is 22.1 Å². The van der Waals surface area contributed by atoms with Gasteiger partial charge in [0.05, 0.1) is 5.41 Å². The van der Waals surface area contributed by atoms with Gasteiger partial charge in [-0.1, -0.05) is 133 Å². The van der Waals surface area contributed by atoms with Gasteiger partial charge in [-0.25, -0.2) is 4.98 Å². The summed E-state index contributed by atoms with van der Waals surface area (Å²) in [5, 5.41) is 2.50. The standard InChI is InChI=1S/C40H24ClN3S/c41-39-43-37(42-38(44-39)30-19-12-24-35-36(30)29-18-7-11-23-34(29)45-35)28-17-6-10-22-33(28)40(25-13-2-1-3-14-25)31-20-8-4-15-26(31)27-16-5-9-21-32(27)40/h1-24H. The first kappa shape index (κ1) is 26.3. The molecule has 0 radical (unpaired) electrons. The Bertz CT molecular complexity index is 2370. The lowest BCUT2D eigenvalue weighted by Gasteiger charge is -2.35. The second-order valence-corrected chi connectivity index (χ2v) is 12.7. The van der Waals surface area contributed by atoms with Crippen LogP contribution in [0.15, 0.2) is 146 Å². The topological polar surface area (TPSA) is 38.7 Å². The lowest BCUT2D eigenvalue weighted by Crippen LogP contribution is -2.29. The van der Waals surface area contributed by atoms with E-state index in [1.807, 2.05) is 0 Å². The van der Waals surface area contributed by atoms with Gasteiger partial charge >= 0.3 is 0 Å². The van der Waals surface area contributed by atoms with Crippen molar-refractivity contribution in [2.45, 2.75) is 5.41 Å². The maximum atomic E-state index is 6.76. The molecule has 0 amide bonds. The molecular formula is C40H24ClN3S. The Morgan fingerprint density at radius 1 is 0.444 bits per heavy atom. The molecule has 1 aliphatic carbocycles. The average Bonchev–Trinajstić information content (AvgIpc) is 3.63. The summed E-state index contributed by atoms with van der Waals surface area (Å²) in [6.07, 6.45) is 0. The minimum absolute atomic E-state index is 0.169. The molecule has 2 heterocycles. The van der Waals surface area contributed by atoms with Crippen molar-refractivity contribution in [3.63, 3.8) is 0 Å². The third-order valence-electron chi connectivity index (χ3n) is 8.98. The zero-order valence-electron chi connectivity index (χ0n) is 24.0. The van der Waals surface area contributed by atoms with E-state index >= 15 is 0 Å².